The zero-order chi connectivity index (χ0) is 47.3. The number of allylic oxidation sites excluding steroid dienone is 14. The predicted octanol–water partition coefficient (Wildman–Crippen LogP) is 8.46. The first kappa shape index (κ1) is 58.7. The minimum atomic E-state index is -5.15. The van der Waals surface area contributed by atoms with Gasteiger partial charge in [0.15, 0.2) is 11.9 Å². The van der Waals surface area contributed by atoms with Gasteiger partial charge in [-0.2, -0.15) is 0 Å². The SMILES string of the molecule is CC/C=C\C/C=C\C/C=C\C/C=C\C/C=C\CCCCCC(=O)O[C@H](COC(=O)CCCCCCC/C=C\C=C\C(=O)CCCCC)COP(=O)(O)OC1[C@H](O)[C@H](O)C(O)[C@H](O)[C@H]1O. The van der Waals surface area contributed by atoms with Crippen molar-refractivity contribution >= 4 is 25.5 Å². The first-order valence-electron chi connectivity index (χ1n) is 23.3. The molecule has 14 nitrogen and oxygen atoms in total. The molecule has 1 aliphatic rings. The summed E-state index contributed by atoms with van der Waals surface area (Å²) in [6.45, 7) is 2.96. The molecule has 1 saturated carbocycles. The Labute approximate surface area is 382 Å². The van der Waals surface area contributed by atoms with Gasteiger partial charge in [-0.1, -0.05) is 131 Å². The fourth-order valence-electron chi connectivity index (χ4n) is 6.41. The first-order valence-corrected chi connectivity index (χ1v) is 24.8. The van der Waals surface area contributed by atoms with E-state index >= 15 is 0 Å². The number of aliphatic hydroxyl groups excluding tert-OH is 5. The molecule has 0 aromatic heterocycles. The smallest absolute Gasteiger partial charge is 0.462 e. The van der Waals surface area contributed by atoms with Gasteiger partial charge in [-0.15, -0.1) is 0 Å². The van der Waals surface area contributed by atoms with E-state index in [1.807, 2.05) is 12.2 Å². The van der Waals surface area contributed by atoms with Crippen LogP contribution in [0.5, 0.6) is 0 Å². The van der Waals surface area contributed by atoms with E-state index in [9.17, 15) is 49.4 Å². The van der Waals surface area contributed by atoms with Crippen molar-refractivity contribution in [3.8, 4) is 0 Å². The van der Waals surface area contributed by atoms with E-state index in [1.165, 1.54) is 0 Å². The molecule has 1 fully saturated rings. The number of esters is 2. The summed E-state index contributed by atoms with van der Waals surface area (Å²) >= 11 is 0. The highest BCUT2D eigenvalue weighted by atomic mass is 31.2. The average Bonchev–Trinajstić information content (AvgIpc) is 3.27. The molecule has 15 heteroatoms. The normalized spacial score (nSPS) is 22.2. The monoisotopic (exact) mass is 923 g/mol. The van der Waals surface area contributed by atoms with Crippen molar-refractivity contribution in [2.45, 2.75) is 191 Å². The summed E-state index contributed by atoms with van der Waals surface area (Å²) in [6.07, 6.45) is 31.8. The van der Waals surface area contributed by atoms with Crippen LogP contribution in [0.25, 0.3) is 0 Å². The summed E-state index contributed by atoms with van der Waals surface area (Å²) in [6, 6.07) is 0. The van der Waals surface area contributed by atoms with Crippen LogP contribution < -0.4 is 0 Å². The number of unbranched alkanes of at least 4 members (excludes halogenated alkanes) is 10. The third-order valence-electron chi connectivity index (χ3n) is 10.2. The van der Waals surface area contributed by atoms with Crippen LogP contribution in [0.1, 0.15) is 149 Å². The fraction of sp³-hybridized carbons (Fsp3) is 0.653. The van der Waals surface area contributed by atoms with Gasteiger partial charge < -0.3 is 39.9 Å². The van der Waals surface area contributed by atoms with Gasteiger partial charge in [0.2, 0.25) is 0 Å². The summed E-state index contributed by atoms with van der Waals surface area (Å²) in [7, 11) is -5.15. The second kappa shape index (κ2) is 37.9. The molecule has 6 N–H and O–H groups in total. The van der Waals surface area contributed by atoms with Crippen molar-refractivity contribution in [3.05, 3.63) is 85.1 Å². The van der Waals surface area contributed by atoms with Crippen LogP contribution in [0.3, 0.4) is 0 Å². The maximum Gasteiger partial charge on any atom is 0.472 e. The number of ether oxygens (including phenoxy) is 2. The van der Waals surface area contributed by atoms with Crippen LogP contribution in [0.4, 0.5) is 0 Å². The Balaban J connectivity index is 2.52. The largest absolute Gasteiger partial charge is 0.472 e. The Morgan fingerprint density at radius 3 is 1.62 bits per heavy atom. The van der Waals surface area contributed by atoms with E-state index in [0.29, 0.717) is 19.3 Å². The minimum absolute atomic E-state index is 0.0350. The van der Waals surface area contributed by atoms with E-state index in [-0.39, 0.29) is 18.6 Å². The van der Waals surface area contributed by atoms with E-state index in [0.717, 1.165) is 103 Å². The molecule has 0 amide bonds. The summed E-state index contributed by atoms with van der Waals surface area (Å²) in [5.41, 5.74) is 0. The minimum Gasteiger partial charge on any atom is -0.462 e. The van der Waals surface area contributed by atoms with Gasteiger partial charge in [-0.3, -0.25) is 23.4 Å². The standard InChI is InChI=1S/C49H79O14P/c1-3-5-7-8-9-10-11-12-13-14-15-16-17-18-19-22-26-29-33-37-43(52)62-41(39-61-64(58,59)63-49-47(56)45(54)44(53)46(55)48(49)57)38-60-42(51)36-32-28-25-23-20-21-24-27-31-35-40(50)34-30-6-4-2/h5,7,9-10,12-13,15-16,18-19,24,27,31,35,41,44-49,53-57H,3-4,6,8,11,14,17,20-23,25-26,28-30,32-34,36-39H2,1-2H3,(H,58,59)/b7-5-,10-9-,13-12-,16-15-,19-18-,27-24-,35-31+/t41-,44?,45-,46+,47-,48-,49?/m1/s1. The topological polar surface area (TPSA) is 227 Å². The van der Waals surface area contributed by atoms with Crippen LogP contribution >= 0.6 is 7.82 Å². The van der Waals surface area contributed by atoms with Gasteiger partial charge in [0.25, 0.3) is 0 Å². The number of phosphoric acid groups is 1. The molecule has 0 aliphatic heterocycles. The van der Waals surface area contributed by atoms with Crippen molar-refractivity contribution < 1.29 is 67.9 Å². The quantitative estimate of drug-likeness (QED) is 0.00859. The predicted molar refractivity (Wildman–Crippen MR) is 249 cm³/mol. The Hall–Kier alpha value is -3.30. The molecule has 0 radical (unpaired) electrons. The Kier molecular flexibility index (Phi) is 34.7. The van der Waals surface area contributed by atoms with E-state index in [4.69, 9.17) is 18.5 Å². The molecule has 3 unspecified atom stereocenters. The number of hydrogen-bond acceptors (Lipinski definition) is 13. The van der Waals surface area contributed by atoms with Crippen LogP contribution in [0, 0.1) is 0 Å². The molecule has 0 aromatic carbocycles. The lowest BCUT2D eigenvalue weighted by Crippen LogP contribution is -2.64. The molecule has 0 heterocycles. The highest BCUT2D eigenvalue weighted by molar-refractivity contribution is 7.47. The van der Waals surface area contributed by atoms with Crippen LogP contribution in [0.15, 0.2) is 85.1 Å². The highest BCUT2D eigenvalue weighted by Crippen LogP contribution is 2.47. The lowest BCUT2D eigenvalue weighted by atomic mass is 9.85. The number of carbonyl (C=O) groups excluding carboxylic acids is 3. The lowest BCUT2D eigenvalue weighted by Gasteiger charge is -2.41. The third-order valence-corrected chi connectivity index (χ3v) is 11.2. The van der Waals surface area contributed by atoms with Gasteiger partial charge in [0, 0.05) is 19.3 Å². The third kappa shape index (κ3) is 30.0. The number of hydrogen-bond donors (Lipinski definition) is 6. The maximum absolute atomic E-state index is 12.8. The molecule has 1 aliphatic carbocycles. The van der Waals surface area contributed by atoms with E-state index in [1.54, 1.807) is 12.2 Å². The average molecular weight is 923 g/mol. The van der Waals surface area contributed by atoms with Crippen LogP contribution in [-0.2, 0) is 37.5 Å². The second-order valence-corrected chi connectivity index (χ2v) is 17.3. The van der Waals surface area contributed by atoms with Crippen molar-refractivity contribution in [2.75, 3.05) is 13.2 Å². The molecule has 0 bridgehead atoms. The zero-order valence-electron chi connectivity index (χ0n) is 38.3. The number of rotatable bonds is 37. The summed E-state index contributed by atoms with van der Waals surface area (Å²) in [4.78, 5) is 47.5. The van der Waals surface area contributed by atoms with Gasteiger partial charge in [0.1, 0.15) is 43.2 Å². The van der Waals surface area contributed by atoms with Crippen LogP contribution in [-0.4, -0.2) is 104 Å². The molecule has 1 rings (SSSR count). The van der Waals surface area contributed by atoms with E-state index in [2.05, 4.69) is 74.6 Å². The summed E-state index contributed by atoms with van der Waals surface area (Å²) in [5.74, 6) is -1.07. The van der Waals surface area contributed by atoms with Crippen molar-refractivity contribution in [1.29, 1.82) is 0 Å². The van der Waals surface area contributed by atoms with Crippen LogP contribution in [0.2, 0.25) is 0 Å². The van der Waals surface area contributed by atoms with E-state index < -0.39 is 75.7 Å². The van der Waals surface area contributed by atoms with Gasteiger partial charge >= 0.3 is 19.8 Å². The molecule has 64 heavy (non-hydrogen) atoms. The Morgan fingerprint density at radius 2 is 1.03 bits per heavy atom. The number of carbonyl (C=O) groups is 3. The first-order chi connectivity index (χ1) is 30.8. The maximum atomic E-state index is 12.8. The molecule has 364 valence electrons. The van der Waals surface area contributed by atoms with Crippen molar-refractivity contribution in [2.24, 2.45) is 0 Å². The molecule has 8 atom stereocenters. The summed E-state index contributed by atoms with van der Waals surface area (Å²) in [5, 5.41) is 50.2. The lowest BCUT2D eigenvalue weighted by molar-refractivity contribution is -0.220. The molecule has 0 aromatic rings. The summed E-state index contributed by atoms with van der Waals surface area (Å²) < 4.78 is 33.4. The molecule has 0 spiro atoms. The Bertz CT molecular complexity index is 1500. The zero-order valence-corrected chi connectivity index (χ0v) is 39.2. The highest BCUT2D eigenvalue weighted by Gasteiger charge is 2.51. The molecular formula is C49H79O14P. The van der Waals surface area contributed by atoms with Crippen molar-refractivity contribution in [3.63, 3.8) is 0 Å². The number of aliphatic hydroxyl groups is 5. The number of ketones is 1. The van der Waals surface area contributed by atoms with Gasteiger partial charge in [0.05, 0.1) is 6.61 Å². The van der Waals surface area contributed by atoms with Crippen molar-refractivity contribution in [1.82, 2.24) is 0 Å². The molecular weight excluding hydrogens is 843 g/mol. The van der Waals surface area contributed by atoms with Gasteiger partial charge in [-0.25, -0.2) is 4.57 Å². The number of phosphoric ester groups is 1. The van der Waals surface area contributed by atoms with Gasteiger partial charge in [-0.05, 0) is 83.1 Å². The second-order valence-electron chi connectivity index (χ2n) is 15.9. The fourth-order valence-corrected chi connectivity index (χ4v) is 7.38. The molecule has 0 saturated heterocycles. The Morgan fingerprint density at radius 1 is 0.547 bits per heavy atom.